The molecular formula is C12H17N7O3S2. The summed E-state index contributed by atoms with van der Waals surface area (Å²) in [6.07, 6.45) is 0. The van der Waals surface area contributed by atoms with Gasteiger partial charge >= 0.3 is 5.16 Å². The fourth-order valence-electron chi connectivity index (χ4n) is 2.63. The van der Waals surface area contributed by atoms with Gasteiger partial charge in [0.15, 0.2) is 0 Å². The number of nitrogens with zero attached hydrogens (tertiary/aromatic N) is 3. The number of β-lactam (4-membered cyclic amide) rings is 1. The highest BCUT2D eigenvalue weighted by Gasteiger charge is 2.53. The van der Waals surface area contributed by atoms with Crippen molar-refractivity contribution in [3.63, 3.8) is 0 Å². The molecule has 1 amide bonds. The summed E-state index contributed by atoms with van der Waals surface area (Å²) in [5.41, 5.74) is 15.8. The molecule has 8 N–H and O–H groups in total. The van der Waals surface area contributed by atoms with Gasteiger partial charge in [-0.15, -0.1) is 16.4 Å². The largest absolute Gasteiger partial charge is 0.549 e. The van der Waals surface area contributed by atoms with Crippen molar-refractivity contribution in [3.8, 4) is 0 Å². The molecule has 2 unspecified atom stereocenters. The number of thioether (sulfide) groups is 2. The van der Waals surface area contributed by atoms with Crippen LogP contribution >= 0.6 is 23.5 Å². The number of fused-ring (bicyclic) bond motifs is 1. The minimum Gasteiger partial charge on any atom is -0.549 e. The summed E-state index contributed by atoms with van der Waals surface area (Å²) in [4.78, 5) is 29.1. The molecule has 3 rings (SSSR count). The van der Waals surface area contributed by atoms with Crippen LogP contribution in [0.5, 0.6) is 0 Å². The van der Waals surface area contributed by atoms with Crippen molar-refractivity contribution >= 4 is 47.0 Å². The maximum absolute atomic E-state index is 11.8. The first-order valence-corrected chi connectivity index (χ1v) is 9.04. The van der Waals surface area contributed by atoms with Crippen LogP contribution in [0.3, 0.4) is 0 Å². The monoisotopic (exact) mass is 371 g/mol. The smallest absolute Gasteiger partial charge is 0.322 e. The van der Waals surface area contributed by atoms with Crippen molar-refractivity contribution in [3.05, 3.63) is 6.07 Å². The maximum atomic E-state index is 11.8. The Kier molecular flexibility index (Phi) is 4.13. The number of aromatic nitrogens is 2. The third-order valence-corrected chi connectivity index (χ3v) is 6.95. The molecule has 2 fully saturated rings. The third-order valence-electron chi connectivity index (χ3n) is 4.10. The van der Waals surface area contributed by atoms with E-state index in [-0.39, 0.29) is 46.1 Å². The number of carbonyl (C=O) groups excluding carboxylic acids is 2. The molecule has 2 aliphatic rings. The lowest BCUT2D eigenvalue weighted by molar-refractivity contribution is -0.667. The molecular weight excluding hydrogens is 354 g/mol. The van der Waals surface area contributed by atoms with Crippen molar-refractivity contribution in [1.82, 2.24) is 9.88 Å². The number of nitrogens with two attached hydrogens (primary N) is 4. The maximum Gasteiger partial charge on any atom is 0.322 e. The molecule has 10 nitrogen and oxygen atoms in total. The van der Waals surface area contributed by atoms with Gasteiger partial charge in [0.2, 0.25) is 17.5 Å². The molecule has 0 aliphatic carbocycles. The molecule has 0 bridgehead atoms. The molecule has 0 saturated carbocycles. The number of hydrogen-bond donors (Lipinski definition) is 4. The van der Waals surface area contributed by atoms with Crippen LogP contribution in [0.25, 0.3) is 0 Å². The highest BCUT2D eigenvalue weighted by molar-refractivity contribution is 8.00. The molecule has 1 aromatic rings. The van der Waals surface area contributed by atoms with Gasteiger partial charge < -0.3 is 32.0 Å². The Balaban J connectivity index is 1.79. The van der Waals surface area contributed by atoms with Crippen LogP contribution in [0.15, 0.2) is 11.2 Å². The highest BCUT2D eigenvalue weighted by Crippen LogP contribution is 2.43. The summed E-state index contributed by atoms with van der Waals surface area (Å²) in [5, 5.41) is 11.9. The molecule has 24 heavy (non-hydrogen) atoms. The van der Waals surface area contributed by atoms with Gasteiger partial charge in [-0.05, 0) is 11.8 Å². The van der Waals surface area contributed by atoms with Crippen molar-refractivity contribution < 1.29 is 19.4 Å². The van der Waals surface area contributed by atoms with E-state index in [1.54, 1.807) is 0 Å². The number of anilines is 2. The second-order valence-corrected chi connectivity index (χ2v) is 7.86. The number of carboxylic acid groups (broad SMARTS) is 1. The molecule has 3 atom stereocenters. The van der Waals surface area contributed by atoms with Crippen molar-refractivity contribution in [2.24, 2.45) is 11.1 Å². The fourth-order valence-corrected chi connectivity index (χ4v) is 5.37. The number of amides is 1. The van der Waals surface area contributed by atoms with Crippen molar-refractivity contribution in [1.29, 1.82) is 0 Å². The van der Waals surface area contributed by atoms with E-state index < -0.39 is 17.4 Å². The Hall–Kier alpha value is -1.92. The van der Waals surface area contributed by atoms with Gasteiger partial charge in [0.1, 0.15) is 11.4 Å². The standard InChI is InChI=1S/C12H17N7O3S2/c13-5-1-6(14)19(16)11(17-5)24-4-12(10(21)22)2-18-8(20)7(15)9(18)23-3-12/h1,7,9H,2-4,15-16H2,(H4,13,14,21,22)/t7?,9-,12?/m1/s1. The lowest BCUT2D eigenvalue weighted by atomic mass is 9.89. The van der Waals surface area contributed by atoms with E-state index in [4.69, 9.17) is 23.0 Å². The first-order valence-electron chi connectivity index (χ1n) is 7.00. The van der Waals surface area contributed by atoms with Gasteiger partial charge in [-0.3, -0.25) is 10.6 Å². The highest BCUT2D eigenvalue weighted by atomic mass is 32.2. The van der Waals surface area contributed by atoms with Crippen LogP contribution in [-0.2, 0) is 9.59 Å². The molecule has 2 aliphatic heterocycles. The molecule has 0 spiro atoms. The average Bonchev–Trinajstić information content (AvgIpc) is 2.55. The summed E-state index contributed by atoms with van der Waals surface area (Å²) in [5.74, 6) is 5.10. The van der Waals surface area contributed by atoms with E-state index in [1.807, 2.05) is 0 Å². The van der Waals surface area contributed by atoms with E-state index in [0.717, 1.165) is 16.4 Å². The minimum absolute atomic E-state index is 0.0505. The van der Waals surface area contributed by atoms with Crippen LogP contribution in [0.4, 0.5) is 11.6 Å². The topological polar surface area (TPSA) is 181 Å². The number of carboxylic acids is 1. The predicted molar refractivity (Wildman–Crippen MR) is 87.5 cm³/mol. The zero-order chi connectivity index (χ0) is 17.6. The van der Waals surface area contributed by atoms with E-state index in [1.165, 1.54) is 22.7 Å². The van der Waals surface area contributed by atoms with Gasteiger partial charge in [-0.1, -0.05) is 4.98 Å². The van der Waals surface area contributed by atoms with E-state index >= 15 is 0 Å². The Bertz CT molecular complexity index is 718. The average molecular weight is 371 g/mol. The predicted octanol–water partition coefficient (Wildman–Crippen LogP) is -3.68. The lowest BCUT2D eigenvalue weighted by Gasteiger charge is -2.54. The summed E-state index contributed by atoms with van der Waals surface area (Å²) in [6.45, 7) is 0.0505. The Morgan fingerprint density at radius 3 is 2.96 bits per heavy atom. The molecule has 3 heterocycles. The zero-order valence-electron chi connectivity index (χ0n) is 12.5. The quantitative estimate of drug-likeness (QED) is 0.135. The van der Waals surface area contributed by atoms with Gasteiger partial charge in [-0.2, -0.15) is 0 Å². The molecule has 12 heteroatoms. The molecule has 130 valence electrons. The second kappa shape index (κ2) is 5.86. The molecule has 2 saturated heterocycles. The Morgan fingerprint density at radius 2 is 2.29 bits per heavy atom. The van der Waals surface area contributed by atoms with Crippen LogP contribution in [-0.4, -0.2) is 51.2 Å². The molecule has 0 radical (unpaired) electrons. The number of carbonyl (C=O) groups is 2. The molecule has 1 aromatic heterocycles. The number of aliphatic carboxylic acids is 1. The summed E-state index contributed by atoms with van der Waals surface area (Å²) >= 11 is 2.45. The first-order chi connectivity index (χ1) is 11.2. The summed E-state index contributed by atoms with van der Waals surface area (Å²) in [6, 6.07) is 0.837. The van der Waals surface area contributed by atoms with Crippen molar-refractivity contribution in [2.75, 3.05) is 35.4 Å². The SMILES string of the molecule is Nc1cc(N)[n+](N)c(SCC2(C(=O)[O-])CS[C@@H]3C(N)C(=O)N3C2)n1. The minimum atomic E-state index is -1.23. The van der Waals surface area contributed by atoms with E-state index in [9.17, 15) is 14.7 Å². The van der Waals surface area contributed by atoms with Gasteiger partial charge in [0.05, 0.1) is 12.0 Å². The molecule has 0 aromatic carbocycles. The van der Waals surface area contributed by atoms with Gasteiger partial charge in [-0.25, -0.2) is 0 Å². The first kappa shape index (κ1) is 16.9. The van der Waals surface area contributed by atoms with Crippen molar-refractivity contribution in [2.45, 2.75) is 16.6 Å². The van der Waals surface area contributed by atoms with Crippen LogP contribution < -0.4 is 32.8 Å². The van der Waals surface area contributed by atoms with Gasteiger partial charge in [0, 0.05) is 23.5 Å². The van der Waals surface area contributed by atoms with E-state index in [2.05, 4.69) is 4.98 Å². The lowest BCUT2D eigenvalue weighted by Crippen LogP contribution is -2.73. The van der Waals surface area contributed by atoms with Crippen LogP contribution in [0, 0.1) is 5.41 Å². The number of hydrogen-bond acceptors (Lipinski definition) is 10. The van der Waals surface area contributed by atoms with Crippen LogP contribution in [0.2, 0.25) is 0 Å². The fraction of sp³-hybridized carbons (Fsp3) is 0.500. The Labute approximate surface area is 145 Å². The Morgan fingerprint density at radius 1 is 1.58 bits per heavy atom. The number of nitrogen functional groups attached to an aromatic ring is 3. The normalized spacial score (nSPS) is 29.0. The zero-order valence-corrected chi connectivity index (χ0v) is 14.2. The second-order valence-electron chi connectivity index (χ2n) is 5.81. The van der Waals surface area contributed by atoms with Gasteiger partial charge in [0.25, 0.3) is 0 Å². The third kappa shape index (κ3) is 2.59. The summed E-state index contributed by atoms with van der Waals surface area (Å²) < 4.78 is 1.13. The van der Waals surface area contributed by atoms with E-state index in [0.29, 0.717) is 0 Å². The van der Waals surface area contributed by atoms with Crippen LogP contribution in [0.1, 0.15) is 0 Å². The summed E-state index contributed by atoms with van der Waals surface area (Å²) in [7, 11) is 0. The number of rotatable bonds is 4.